The van der Waals surface area contributed by atoms with Crippen LogP contribution in [0.2, 0.25) is 0 Å². The summed E-state index contributed by atoms with van der Waals surface area (Å²) < 4.78 is 1.46. The number of carbonyl (C=O) groups is 1. The molecule has 1 aliphatic rings. The van der Waals surface area contributed by atoms with E-state index in [1.807, 2.05) is 42.5 Å². The van der Waals surface area contributed by atoms with Gasteiger partial charge in [-0.2, -0.15) is 4.99 Å². The Morgan fingerprint density at radius 1 is 1.10 bits per heavy atom. The monoisotopic (exact) mass is 388 g/mol. The molecule has 2 heterocycles. The van der Waals surface area contributed by atoms with E-state index in [2.05, 4.69) is 15.8 Å². The second kappa shape index (κ2) is 7.73. The quantitative estimate of drug-likeness (QED) is 0.643. The van der Waals surface area contributed by atoms with E-state index in [1.165, 1.54) is 4.57 Å². The van der Waals surface area contributed by atoms with Crippen LogP contribution in [-0.2, 0) is 7.05 Å². The highest BCUT2D eigenvalue weighted by Crippen LogP contribution is 2.27. The third kappa shape index (κ3) is 3.68. The van der Waals surface area contributed by atoms with Gasteiger partial charge in [-0.3, -0.25) is 10.2 Å². The van der Waals surface area contributed by atoms with Crippen LogP contribution in [0.1, 0.15) is 17.5 Å². The van der Waals surface area contributed by atoms with Gasteiger partial charge in [0.25, 0.3) is 5.56 Å². The van der Waals surface area contributed by atoms with Crippen molar-refractivity contribution in [1.82, 2.24) is 15.4 Å². The topological polar surface area (TPSA) is 95.7 Å². The Morgan fingerprint density at radius 3 is 2.62 bits per heavy atom. The largest absolute Gasteiger partial charge is 0.506 e. The van der Waals surface area contributed by atoms with Crippen LogP contribution in [0, 0.1) is 0 Å². The van der Waals surface area contributed by atoms with Crippen molar-refractivity contribution in [3.63, 3.8) is 0 Å². The average molecular weight is 388 g/mol. The molecule has 29 heavy (non-hydrogen) atoms. The Morgan fingerprint density at radius 2 is 1.83 bits per heavy atom. The lowest BCUT2D eigenvalue weighted by Crippen LogP contribution is -2.40. The van der Waals surface area contributed by atoms with Crippen molar-refractivity contribution in [2.24, 2.45) is 12.0 Å². The van der Waals surface area contributed by atoms with Crippen LogP contribution in [0.25, 0.3) is 17.0 Å². The molecule has 2 aromatic carbocycles. The van der Waals surface area contributed by atoms with Gasteiger partial charge in [-0.25, -0.2) is 10.2 Å². The zero-order valence-electron chi connectivity index (χ0n) is 15.8. The number of urea groups is 1. The molecule has 0 saturated heterocycles. The maximum absolute atomic E-state index is 13.0. The molecule has 146 valence electrons. The summed E-state index contributed by atoms with van der Waals surface area (Å²) in [5.74, 6) is -0.164. The summed E-state index contributed by atoms with van der Waals surface area (Å²) in [5, 5.41) is 11.3. The fourth-order valence-electron chi connectivity index (χ4n) is 3.42. The summed E-state index contributed by atoms with van der Waals surface area (Å²) in [6.45, 7) is 0. The van der Waals surface area contributed by atoms with Crippen molar-refractivity contribution in [1.29, 1.82) is 0 Å². The lowest BCUT2D eigenvalue weighted by Gasteiger charge is -2.15. The highest BCUT2D eigenvalue weighted by molar-refractivity contribution is 6.11. The molecular weight excluding hydrogens is 368 g/mol. The zero-order valence-corrected chi connectivity index (χ0v) is 15.8. The number of aromatic hydroxyl groups is 1. The summed E-state index contributed by atoms with van der Waals surface area (Å²) >= 11 is 0. The third-order valence-electron chi connectivity index (χ3n) is 4.90. The molecular formula is C22H20N4O3. The van der Waals surface area contributed by atoms with E-state index in [1.54, 1.807) is 31.3 Å². The van der Waals surface area contributed by atoms with Crippen LogP contribution in [0.5, 0.6) is 5.75 Å². The molecule has 0 spiro atoms. The Balaban J connectivity index is 1.76. The number of fused-ring (bicyclic) bond motifs is 1. The lowest BCUT2D eigenvalue weighted by atomic mass is 10.00. The van der Waals surface area contributed by atoms with Gasteiger partial charge in [0.15, 0.2) is 0 Å². The number of nitrogens with zero attached hydrogens (tertiary/aromatic N) is 2. The highest BCUT2D eigenvalue weighted by Gasteiger charge is 2.24. The smallest absolute Gasteiger partial charge is 0.355 e. The standard InChI is InChI=1S/C22H20N4O3/c1-26-18-10-6-5-9-16(18)20(27)19(21(26)28)17-13-15(24-25-22(29)23-17)12-11-14-7-3-2-4-8-14/h2-12,15,24,27H,13H2,1H3,(H,25,29). The van der Waals surface area contributed by atoms with Crippen LogP contribution in [0.4, 0.5) is 4.79 Å². The van der Waals surface area contributed by atoms with Crippen molar-refractivity contribution >= 4 is 28.7 Å². The SMILES string of the molecule is Cn1c(=O)c(C2=NC(=O)NNC(C=Cc3ccccc3)C2)c(O)c2ccccc21. The van der Waals surface area contributed by atoms with Gasteiger partial charge in [0, 0.05) is 18.9 Å². The molecule has 0 fully saturated rings. The fraction of sp³-hybridized carbons (Fsp3) is 0.136. The van der Waals surface area contributed by atoms with Gasteiger partial charge in [0.2, 0.25) is 0 Å². The number of aryl methyl sites for hydroxylation is 1. The predicted molar refractivity (Wildman–Crippen MR) is 113 cm³/mol. The van der Waals surface area contributed by atoms with Crippen molar-refractivity contribution in [3.8, 4) is 5.75 Å². The lowest BCUT2D eigenvalue weighted by molar-refractivity contribution is 0.245. The number of para-hydroxylation sites is 1. The van der Waals surface area contributed by atoms with E-state index in [0.29, 0.717) is 10.9 Å². The van der Waals surface area contributed by atoms with Gasteiger partial charge in [0.05, 0.1) is 17.3 Å². The molecule has 4 rings (SSSR count). The molecule has 0 saturated carbocycles. The van der Waals surface area contributed by atoms with Gasteiger partial charge in [0.1, 0.15) is 11.3 Å². The van der Waals surface area contributed by atoms with Crippen LogP contribution in [-0.4, -0.2) is 27.5 Å². The van der Waals surface area contributed by atoms with Gasteiger partial charge < -0.3 is 9.67 Å². The molecule has 1 aliphatic heterocycles. The molecule has 0 radical (unpaired) electrons. The first-order valence-corrected chi connectivity index (χ1v) is 9.22. The van der Waals surface area contributed by atoms with Gasteiger partial charge in [-0.05, 0) is 17.7 Å². The molecule has 3 N–H and O–H groups in total. The number of aliphatic imine (C=N–C) groups is 1. The van der Waals surface area contributed by atoms with Crippen molar-refractivity contribution < 1.29 is 9.90 Å². The van der Waals surface area contributed by atoms with E-state index < -0.39 is 11.6 Å². The number of amides is 2. The van der Waals surface area contributed by atoms with E-state index in [-0.39, 0.29) is 29.5 Å². The van der Waals surface area contributed by atoms with Crippen molar-refractivity contribution in [3.05, 3.63) is 82.2 Å². The van der Waals surface area contributed by atoms with E-state index in [9.17, 15) is 14.7 Å². The average Bonchev–Trinajstić information content (AvgIpc) is 2.93. The molecule has 2 amide bonds. The Labute approximate surface area is 167 Å². The maximum atomic E-state index is 13.0. The minimum atomic E-state index is -0.620. The zero-order chi connectivity index (χ0) is 20.4. The summed E-state index contributed by atoms with van der Waals surface area (Å²) in [6.07, 6.45) is 4.06. The molecule has 0 bridgehead atoms. The second-order valence-electron chi connectivity index (χ2n) is 6.82. The van der Waals surface area contributed by atoms with Gasteiger partial charge >= 0.3 is 6.03 Å². The Hall–Kier alpha value is -3.71. The molecule has 1 atom stereocenters. The number of aromatic nitrogens is 1. The number of hydrazine groups is 1. The first kappa shape index (κ1) is 18.6. The number of hydrogen-bond acceptors (Lipinski definition) is 4. The first-order valence-electron chi connectivity index (χ1n) is 9.22. The number of carbonyl (C=O) groups excluding carboxylic acids is 1. The minimum absolute atomic E-state index is 0.0446. The number of rotatable bonds is 3. The summed E-state index contributed by atoms with van der Waals surface area (Å²) in [6, 6.07) is 15.9. The predicted octanol–water partition coefficient (Wildman–Crippen LogP) is 2.73. The molecule has 0 aliphatic carbocycles. The fourth-order valence-corrected chi connectivity index (χ4v) is 3.42. The van der Waals surface area contributed by atoms with Gasteiger partial charge in [-0.1, -0.05) is 54.6 Å². The minimum Gasteiger partial charge on any atom is -0.506 e. The van der Waals surface area contributed by atoms with Crippen LogP contribution < -0.4 is 16.4 Å². The van der Waals surface area contributed by atoms with Crippen molar-refractivity contribution in [2.45, 2.75) is 12.5 Å². The number of pyridine rings is 1. The first-order chi connectivity index (χ1) is 14.0. The normalized spacial score (nSPS) is 17.2. The highest BCUT2D eigenvalue weighted by atomic mass is 16.3. The van der Waals surface area contributed by atoms with E-state index in [4.69, 9.17) is 0 Å². The van der Waals surface area contributed by atoms with E-state index in [0.717, 1.165) is 5.56 Å². The summed E-state index contributed by atoms with van der Waals surface area (Å²) in [4.78, 5) is 29.1. The van der Waals surface area contributed by atoms with E-state index >= 15 is 0 Å². The Kier molecular flexibility index (Phi) is 4.97. The summed E-state index contributed by atoms with van der Waals surface area (Å²) in [7, 11) is 1.63. The Bertz CT molecular complexity index is 1200. The van der Waals surface area contributed by atoms with Crippen LogP contribution in [0.15, 0.2) is 70.5 Å². The molecule has 7 heteroatoms. The van der Waals surface area contributed by atoms with Crippen LogP contribution >= 0.6 is 0 Å². The number of hydrogen-bond donors (Lipinski definition) is 3. The molecule has 1 unspecified atom stereocenters. The van der Waals surface area contributed by atoms with Crippen molar-refractivity contribution in [2.75, 3.05) is 0 Å². The molecule has 7 nitrogen and oxygen atoms in total. The third-order valence-corrected chi connectivity index (χ3v) is 4.90. The number of nitrogens with one attached hydrogen (secondary N) is 2. The maximum Gasteiger partial charge on any atom is 0.355 e. The van der Waals surface area contributed by atoms with Crippen LogP contribution in [0.3, 0.4) is 0 Å². The van der Waals surface area contributed by atoms with Gasteiger partial charge in [-0.15, -0.1) is 0 Å². The number of benzene rings is 2. The second-order valence-corrected chi connectivity index (χ2v) is 6.82. The molecule has 3 aromatic rings. The summed E-state index contributed by atoms with van der Waals surface area (Å²) in [5.41, 5.74) is 6.90. The molecule has 1 aromatic heterocycles.